The molecule has 0 fully saturated rings. The van der Waals surface area contributed by atoms with Gasteiger partial charge in [-0.1, -0.05) is 44.1 Å². The van der Waals surface area contributed by atoms with Gasteiger partial charge in [-0.15, -0.1) is 0 Å². The van der Waals surface area contributed by atoms with Gasteiger partial charge in [-0.05, 0) is 18.8 Å². The van der Waals surface area contributed by atoms with E-state index >= 15 is 0 Å². The third kappa shape index (κ3) is 1.31. The monoisotopic (exact) mass is 136 g/mol. The summed E-state index contributed by atoms with van der Waals surface area (Å²) in [7, 11) is 0. The van der Waals surface area contributed by atoms with Crippen molar-refractivity contribution in [1.29, 1.82) is 0 Å². The van der Waals surface area contributed by atoms with Crippen molar-refractivity contribution in [1.82, 2.24) is 0 Å². The molecule has 0 heterocycles. The number of hydrogen-bond donors (Lipinski definition) is 0. The van der Waals surface area contributed by atoms with Crippen LogP contribution < -0.4 is 0 Å². The topological polar surface area (TPSA) is 0 Å². The van der Waals surface area contributed by atoms with Gasteiger partial charge in [0.2, 0.25) is 0 Å². The lowest BCUT2D eigenvalue weighted by Gasteiger charge is -2.01. The largest absolute Gasteiger partial charge is 0.0744 e. The molecule has 0 aromatic carbocycles. The van der Waals surface area contributed by atoms with Crippen molar-refractivity contribution in [3.05, 3.63) is 23.3 Å². The minimum absolute atomic E-state index is 0.708. The maximum atomic E-state index is 2.37. The summed E-state index contributed by atoms with van der Waals surface area (Å²) < 4.78 is 0. The lowest BCUT2D eigenvalue weighted by atomic mass is 10.0. The fraction of sp³-hybridized carbons (Fsp3) is 0.600. The van der Waals surface area contributed by atoms with Crippen molar-refractivity contribution in [3.63, 3.8) is 0 Å². The van der Waals surface area contributed by atoms with E-state index in [1.165, 1.54) is 18.4 Å². The van der Waals surface area contributed by atoms with Crippen molar-refractivity contribution in [3.8, 4) is 0 Å². The predicted octanol–water partition coefficient (Wildman–Crippen LogP) is 3.31. The third-order valence-corrected chi connectivity index (χ3v) is 2.24. The van der Waals surface area contributed by atoms with Crippen LogP contribution >= 0.6 is 0 Å². The highest BCUT2D eigenvalue weighted by atomic mass is 14.2. The Morgan fingerprint density at radius 1 is 1.30 bits per heavy atom. The van der Waals surface area contributed by atoms with Crippen LogP contribution in [0.5, 0.6) is 0 Å². The van der Waals surface area contributed by atoms with Crippen molar-refractivity contribution >= 4 is 0 Å². The highest BCUT2D eigenvalue weighted by Gasteiger charge is 2.10. The summed E-state index contributed by atoms with van der Waals surface area (Å²) in [5.74, 6) is 0.708. The Balaban J connectivity index is 2.67. The van der Waals surface area contributed by atoms with Crippen molar-refractivity contribution in [2.24, 2.45) is 5.92 Å². The van der Waals surface area contributed by atoms with Gasteiger partial charge in [0.05, 0.1) is 0 Å². The summed E-state index contributed by atoms with van der Waals surface area (Å²) in [6.45, 7) is 6.72. The molecule has 0 saturated carbocycles. The smallest absolute Gasteiger partial charge is 0.00427 e. The predicted molar refractivity (Wildman–Crippen MR) is 45.9 cm³/mol. The number of hydrogen-bond acceptors (Lipinski definition) is 0. The van der Waals surface area contributed by atoms with E-state index in [9.17, 15) is 0 Å². The summed E-state index contributed by atoms with van der Waals surface area (Å²) in [6.07, 6.45) is 7.12. The van der Waals surface area contributed by atoms with Crippen LogP contribution in [0.1, 0.15) is 33.6 Å². The van der Waals surface area contributed by atoms with Crippen LogP contribution in [-0.2, 0) is 0 Å². The Kier molecular flexibility index (Phi) is 2.31. The van der Waals surface area contributed by atoms with Gasteiger partial charge in [-0.25, -0.2) is 0 Å². The van der Waals surface area contributed by atoms with Crippen LogP contribution in [0.3, 0.4) is 0 Å². The molecule has 0 amide bonds. The average molecular weight is 136 g/mol. The number of allylic oxidation sites excluding steroid dienone is 4. The molecule has 56 valence electrons. The van der Waals surface area contributed by atoms with E-state index in [1.54, 1.807) is 5.57 Å². The van der Waals surface area contributed by atoms with E-state index in [0.29, 0.717) is 5.92 Å². The van der Waals surface area contributed by atoms with E-state index in [0.717, 1.165) is 0 Å². The van der Waals surface area contributed by atoms with Gasteiger partial charge < -0.3 is 0 Å². The first-order valence-corrected chi connectivity index (χ1v) is 4.19. The van der Waals surface area contributed by atoms with Crippen molar-refractivity contribution in [2.45, 2.75) is 33.6 Å². The van der Waals surface area contributed by atoms with Gasteiger partial charge in [0.1, 0.15) is 0 Å². The van der Waals surface area contributed by atoms with E-state index < -0.39 is 0 Å². The zero-order valence-electron chi connectivity index (χ0n) is 7.15. The Hall–Kier alpha value is -0.520. The number of rotatable bonds is 2. The van der Waals surface area contributed by atoms with Crippen LogP contribution in [0.2, 0.25) is 0 Å². The molecule has 0 spiro atoms. The maximum Gasteiger partial charge on any atom is -0.00427 e. The standard InChI is InChI=1S/C10H16/c1-4-9-6-8(3)10(5-2)7-9/h6-8H,4-5H2,1-3H3. The zero-order chi connectivity index (χ0) is 7.56. The Morgan fingerprint density at radius 2 is 2.00 bits per heavy atom. The Morgan fingerprint density at radius 3 is 2.30 bits per heavy atom. The van der Waals surface area contributed by atoms with Gasteiger partial charge in [0.25, 0.3) is 0 Å². The second-order valence-corrected chi connectivity index (χ2v) is 2.96. The van der Waals surface area contributed by atoms with Gasteiger partial charge in [-0.2, -0.15) is 0 Å². The SMILES string of the molecule is CCC1=CC(C)C(CC)=C1. The van der Waals surface area contributed by atoms with Gasteiger partial charge >= 0.3 is 0 Å². The molecule has 1 aliphatic rings. The minimum Gasteiger partial charge on any atom is -0.0744 e. The molecule has 1 aliphatic carbocycles. The third-order valence-electron chi connectivity index (χ3n) is 2.24. The molecule has 0 bridgehead atoms. The molecule has 0 nitrogen and oxygen atoms in total. The summed E-state index contributed by atoms with van der Waals surface area (Å²) >= 11 is 0. The Labute approximate surface area is 63.6 Å². The van der Waals surface area contributed by atoms with E-state index in [1.807, 2.05) is 0 Å². The average Bonchev–Trinajstić information content (AvgIpc) is 2.30. The van der Waals surface area contributed by atoms with Crippen molar-refractivity contribution < 1.29 is 0 Å². The van der Waals surface area contributed by atoms with Gasteiger partial charge in [0.15, 0.2) is 0 Å². The van der Waals surface area contributed by atoms with Crippen LogP contribution in [0, 0.1) is 5.92 Å². The fourth-order valence-electron chi connectivity index (χ4n) is 1.49. The molecule has 0 N–H and O–H groups in total. The van der Waals surface area contributed by atoms with Gasteiger partial charge in [-0.3, -0.25) is 0 Å². The van der Waals surface area contributed by atoms with Gasteiger partial charge in [0, 0.05) is 0 Å². The molecule has 0 heteroatoms. The summed E-state index contributed by atoms with van der Waals surface area (Å²) in [5, 5.41) is 0. The molecule has 0 aromatic heterocycles. The van der Waals surface area contributed by atoms with E-state index in [2.05, 4.69) is 32.9 Å². The zero-order valence-corrected chi connectivity index (χ0v) is 7.15. The lowest BCUT2D eigenvalue weighted by molar-refractivity contribution is 0.825. The molecule has 0 radical (unpaired) electrons. The minimum atomic E-state index is 0.708. The second-order valence-electron chi connectivity index (χ2n) is 2.96. The molecule has 1 unspecified atom stereocenters. The van der Waals surface area contributed by atoms with Crippen LogP contribution in [0.25, 0.3) is 0 Å². The summed E-state index contributed by atoms with van der Waals surface area (Å²) in [5.41, 5.74) is 3.11. The summed E-state index contributed by atoms with van der Waals surface area (Å²) in [4.78, 5) is 0. The van der Waals surface area contributed by atoms with Crippen LogP contribution in [0.15, 0.2) is 23.3 Å². The first-order chi connectivity index (χ1) is 4.77. The molecular weight excluding hydrogens is 120 g/mol. The molecule has 0 saturated heterocycles. The molecule has 1 rings (SSSR count). The molecule has 0 aliphatic heterocycles. The molecular formula is C10H16. The van der Waals surface area contributed by atoms with Crippen LogP contribution in [-0.4, -0.2) is 0 Å². The highest BCUT2D eigenvalue weighted by molar-refractivity contribution is 5.34. The fourth-order valence-corrected chi connectivity index (χ4v) is 1.49. The maximum absolute atomic E-state index is 2.37. The quantitative estimate of drug-likeness (QED) is 0.546. The second kappa shape index (κ2) is 3.05. The Bertz CT molecular complexity index is 172. The molecule has 0 aromatic rings. The van der Waals surface area contributed by atoms with Crippen molar-refractivity contribution in [2.75, 3.05) is 0 Å². The van der Waals surface area contributed by atoms with E-state index in [4.69, 9.17) is 0 Å². The van der Waals surface area contributed by atoms with Crippen LogP contribution in [0.4, 0.5) is 0 Å². The van der Waals surface area contributed by atoms with E-state index in [-0.39, 0.29) is 0 Å². The molecule has 10 heavy (non-hydrogen) atoms. The first-order valence-electron chi connectivity index (χ1n) is 4.19. The lowest BCUT2D eigenvalue weighted by Crippen LogP contribution is -1.87. The first kappa shape index (κ1) is 7.59. The molecule has 1 atom stereocenters. The normalized spacial score (nSPS) is 24.5. The summed E-state index contributed by atoms with van der Waals surface area (Å²) in [6, 6.07) is 0. The highest BCUT2D eigenvalue weighted by Crippen LogP contribution is 2.27.